The molecule has 0 aliphatic heterocycles. The highest BCUT2D eigenvalue weighted by Gasteiger charge is 2.16. The van der Waals surface area contributed by atoms with Crippen LogP contribution in [0.1, 0.15) is 67.3 Å². The fourth-order valence-corrected chi connectivity index (χ4v) is 4.04. The molecule has 0 bridgehead atoms. The smallest absolute Gasteiger partial charge is 0.262 e. The molecule has 0 heterocycles. The second kappa shape index (κ2) is 11.7. The number of amides is 2. The Balaban J connectivity index is 1.49. The van der Waals surface area contributed by atoms with Gasteiger partial charge in [-0.3, -0.25) is 9.59 Å². The highest BCUT2D eigenvalue weighted by atomic mass is 16.5. The van der Waals surface area contributed by atoms with Gasteiger partial charge in [-0.15, -0.1) is 0 Å². The number of carbonyl (C=O) groups excluding carboxylic acids is 2. The first-order valence-corrected chi connectivity index (χ1v) is 11.8. The van der Waals surface area contributed by atoms with Gasteiger partial charge >= 0.3 is 0 Å². The molecule has 7 heteroatoms. The van der Waals surface area contributed by atoms with Crippen LogP contribution in [0.5, 0.6) is 11.5 Å². The van der Waals surface area contributed by atoms with Crippen molar-refractivity contribution in [2.45, 2.75) is 65.3 Å². The molecule has 182 valence electrons. The molecule has 1 atom stereocenters. The Hall–Kier alpha value is -3.35. The van der Waals surface area contributed by atoms with Gasteiger partial charge in [0, 0.05) is 0 Å². The molecule has 0 unspecified atom stereocenters. The van der Waals surface area contributed by atoms with Gasteiger partial charge in [0.1, 0.15) is 17.5 Å². The molecule has 2 aromatic carbocycles. The summed E-state index contributed by atoms with van der Waals surface area (Å²) in [5, 5.41) is 6.72. The minimum Gasteiger partial charge on any atom is -0.496 e. The van der Waals surface area contributed by atoms with Gasteiger partial charge < -0.3 is 14.8 Å². The molecule has 1 aliphatic rings. The predicted octanol–water partition coefficient (Wildman–Crippen LogP) is 4.04. The molecule has 0 saturated heterocycles. The monoisotopic (exact) mass is 465 g/mol. The maximum absolute atomic E-state index is 12.4. The van der Waals surface area contributed by atoms with Gasteiger partial charge in [0.25, 0.3) is 11.8 Å². The van der Waals surface area contributed by atoms with E-state index in [1.807, 2.05) is 31.2 Å². The number of methoxy groups -OCH3 is 1. The molecule has 34 heavy (non-hydrogen) atoms. The summed E-state index contributed by atoms with van der Waals surface area (Å²) in [6, 6.07) is 9.21. The lowest BCUT2D eigenvalue weighted by Gasteiger charge is -2.17. The Kier molecular flexibility index (Phi) is 8.68. The minimum absolute atomic E-state index is 0.150. The van der Waals surface area contributed by atoms with Crippen molar-refractivity contribution in [1.29, 1.82) is 0 Å². The predicted molar refractivity (Wildman–Crippen MR) is 134 cm³/mol. The topological polar surface area (TPSA) is 89.0 Å². The zero-order chi connectivity index (χ0) is 24.7. The summed E-state index contributed by atoms with van der Waals surface area (Å²) in [5.74, 6) is 1.03. The minimum atomic E-state index is -0.750. The summed E-state index contributed by atoms with van der Waals surface area (Å²) < 4.78 is 11.1. The van der Waals surface area contributed by atoms with Crippen molar-refractivity contribution < 1.29 is 19.1 Å². The third kappa shape index (κ3) is 6.59. The molecule has 1 aliphatic carbocycles. The number of hydrazone groups is 1. The summed E-state index contributed by atoms with van der Waals surface area (Å²) in [6.45, 7) is 7.60. The lowest BCUT2D eigenvalue weighted by Crippen LogP contribution is -2.45. The van der Waals surface area contributed by atoms with Gasteiger partial charge in [0.15, 0.2) is 6.61 Å². The number of hydrogen-bond donors (Lipinski definition) is 2. The second-order valence-electron chi connectivity index (χ2n) is 9.06. The van der Waals surface area contributed by atoms with E-state index in [2.05, 4.69) is 35.8 Å². The Morgan fingerprint density at radius 1 is 1.09 bits per heavy atom. The third-order valence-corrected chi connectivity index (χ3v) is 6.08. The van der Waals surface area contributed by atoms with E-state index in [1.165, 1.54) is 24.0 Å². The number of nitrogens with zero attached hydrogens (tertiary/aromatic N) is 1. The van der Waals surface area contributed by atoms with E-state index in [1.54, 1.807) is 20.2 Å². The first-order chi connectivity index (χ1) is 16.3. The summed E-state index contributed by atoms with van der Waals surface area (Å²) >= 11 is 0. The van der Waals surface area contributed by atoms with Crippen LogP contribution in [0.15, 0.2) is 35.4 Å². The molecule has 2 amide bonds. The first-order valence-electron chi connectivity index (χ1n) is 11.8. The van der Waals surface area contributed by atoms with Gasteiger partial charge in [0.2, 0.25) is 0 Å². The molecule has 0 spiro atoms. The maximum atomic E-state index is 12.4. The van der Waals surface area contributed by atoms with Gasteiger partial charge in [-0.05, 0) is 97.5 Å². The van der Waals surface area contributed by atoms with Gasteiger partial charge in [0.05, 0.1) is 13.3 Å². The van der Waals surface area contributed by atoms with E-state index in [-0.39, 0.29) is 18.4 Å². The molecule has 0 fully saturated rings. The summed E-state index contributed by atoms with van der Waals surface area (Å²) in [5.41, 5.74) is 8.09. The van der Waals surface area contributed by atoms with Crippen LogP contribution >= 0.6 is 0 Å². The summed E-state index contributed by atoms with van der Waals surface area (Å²) in [7, 11) is 1.65. The van der Waals surface area contributed by atoms with Gasteiger partial charge in [-0.1, -0.05) is 19.9 Å². The summed E-state index contributed by atoms with van der Waals surface area (Å²) in [6.07, 6.45) is 6.15. The van der Waals surface area contributed by atoms with Crippen molar-refractivity contribution in [2.75, 3.05) is 13.7 Å². The Bertz CT molecular complexity index is 1060. The van der Waals surface area contributed by atoms with E-state index in [0.29, 0.717) is 5.75 Å². The van der Waals surface area contributed by atoms with Crippen LogP contribution in [0.4, 0.5) is 0 Å². The van der Waals surface area contributed by atoms with Crippen LogP contribution in [0, 0.1) is 6.92 Å². The van der Waals surface area contributed by atoms with Crippen molar-refractivity contribution in [3.63, 3.8) is 0 Å². The van der Waals surface area contributed by atoms with Gasteiger partial charge in [-0.2, -0.15) is 5.10 Å². The van der Waals surface area contributed by atoms with E-state index in [4.69, 9.17) is 9.47 Å². The van der Waals surface area contributed by atoms with Gasteiger partial charge in [-0.25, -0.2) is 5.43 Å². The largest absolute Gasteiger partial charge is 0.496 e. The van der Waals surface area contributed by atoms with Crippen molar-refractivity contribution in [3.8, 4) is 11.5 Å². The van der Waals surface area contributed by atoms with Crippen molar-refractivity contribution >= 4 is 18.0 Å². The molecular formula is C27H35N3O4. The quantitative estimate of drug-likeness (QED) is 0.432. The third-order valence-electron chi connectivity index (χ3n) is 6.08. The van der Waals surface area contributed by atoms with Crippen LogP contribution in [0.25, 0.3) is 0 Å². The first kappa shape index (κ1) is 25.3. The molecule has 3 rings (SSSR count). The standard InChI is InChI=1S/C27H35N3O4/c1-17(2)24-14-22(18(3)12-25(24)33-5)15-28-30-27(32)19(4)29-26(31)16-34-23-11-10-20-8-6-7-9-21(20)13-23/h10-15,17,19H,6-9,16H2,1-5H3,(H,29,31)(H,30,32)/b28-15-/t19-/m1/s1. The zero-order valence-electron chi connectivity index (χ0n) is 20.7. The van der Waals surface area contributed by atoms with E-state index in [9.17, 15) is 9.59 Å². The van der Waals surface area contributed by atoms with E-state index < -0.39 is 11.9 Å². The van der Waals surface area contributed by atoms with Crippen LogP contribution < -0.4 is 20.2 Å². The molecule has 7 nitrogen and oxygen atoms in total. The lowest BCUT2D eigenvalue weighted by molar-refractivity contribution is -0.129. The fraction of sp³-hybridized carbons (Fsp3) is 0.444. The lowest BCUT2D eigenvalue weighted by atomic mass is 9.92. The molecular weight excluding hydrogens is 430 g/mol. The average molecular weight is 466 g/mol. The Morgan fingerprint density at radius 2 is 1.82 bits per heavy atom. The Morgan fingerprint density at radius 3 is 2.53 bits per heavy atom. The normalized spacial score (nSPS) is 13.9. The van der Waals surface area contributed by atoms with Crippen LogP contribution in [-0.4, -0.2) is 37.8 Å². The number of rotatable bonds is 9. The zero-order valence-corrected chi connectivity index (χ0v) is 20.7. The number of ether oxygens (including phenoxy) is 2. The molecule has 0 radical (unpaired) electrons. The molecule has 0 aromatic heterocycles. The van der Waals surface area contributed by atoms with Crippen molar-refractivity contribution in [3.05, 3.63) is 58.1 Å². The number of hydrogen-bond acceptors (Lipinski definition) is 5. The van der Waals surface area contributed by atoms with Crippen molar-refractivity contribution in [1.82, 2.24) is 10.7 Å². The molecule has 2 N–H and O–H groups in total. The Labute approximate surface area is 201 Å². The fourth-order valence-electron chi connectivity index (χ4n) is 4.04. The number of benzene rings is 2. The number of fused-ring (bicyclic) bond motifs is 1. The number of aryl methyl sites for hydroxylation is 3. The highest BCUT2D eigenvalue weighted by Crippen LogP contribution is 2.29. The van der Waals surface area contributed by atoms with Crippen molar-refractivity contribution in [2.24, 2.45) is 5.10 Å². The summed E-state index contributed by atoms with van der Waals surface area (Å²) in [4.78, 5) is 24.6. The molecule has 2 aromatic rings. The maximum Gasteiger partial charge on any atom is 0.262 e. The SMILES string of the molecule is COc1cc(C)c(/C=N\NC(=O)[C@@H](C)NC(=O)COc2ccc3c(c2)CCCC3)cc1C(C)C. The van der Waals surface area contributed by atoms with Crippen LogP contribution in [-0.2, 0) is 22.4 Å². The highest BCUT2D eigenvalue weighted by molar-refractivity contribution is 5.89. The second-order valence-corrected chi connectivity index (χ2v) is 9.06. The molecule has 0 saturated carbocycles. The van der Waals surface area contributed by atoms with E-state index in [0.717, 1.165) is 35.3 Å². The number of nitrogens with one attached hydrogen (secondary N) is 2. The average Bonchev–Trinajstić information content (AvgIpc) is 2.82. The van der Waals surface area contributed by atoms with E-state index >= 15 is 0 Å². The van der Waals surface area contributed by atoms with Crippen LogP contribution in [0.3, 0.4) is 0 Å². The van der Waals surface area contributed by atoms with Crippen LogP contribution in [0.2, 0.25) is 0 Å². The number of carbonyl (C=O) groups is 2.